The standard InChI is InChI=1S/C15H25NO2/c1-3-15(4-2,12-18)11-16-9-13-6-5-7-14(8-13)10-17/h5-8,16-18H,3-4,9-12H2,1-2H3. The lowest BCUT2D eigenvalue weighted by Crippen LogP contribution is -2.36. The van der Waals surface area contributed by atoms with Gasteiger partial charge in [-0.3, -0.25) is 0 Å². The first-order chi connectivity index (χ1) is 8.69. The Balaban J connectivity index is 2.49. The van der Waals surface area contributed by atoms with Crippen LogP contribution in [0.5, 0.6) is 0 Å². The Labute approximate surface area is 110 Å². The molecule has 18 heavy (non-hydrogen) atoms. The van der Waals surface area contributed by atoms with E-state index in [9.17, 15) is 5.11 Å². The molecule has 0 saturated heterocycles. The maximum absolute atomic E-state index is 9.48. The van der Waals surface area contributed by atoms with Crippen LogP contribution in [-0.4, -0.2) is 23.4 Å². The predicted molar refractivity (Wildman–Crippen MR) is 74.2 cm³/mol. The summed E-state index contributed by atoms with van der Waals surface area (Å²) in [6, 6.07) is 7.93. The molecule has 102 valence electrons. The molecule has 0 radical (unpaired) electrons. The minimum absolute atomic E-state index is 0.00537. The first-order valence-corrected chi connectivity index (χ1v) is 6.70. The third-order valence-corrected chi connectivity index (χ3v) is 3.84. The molecule has 0 bridgehead atoms. The van der Waals surface area contributed by atoms with E-state index in [1.54, 1.807) is 0 Å². The normalized spacial score (nSPS) is 11.8. The smallest absolute Gasteiger partial charge is 0.0681 e. The van der Waals surface area contributed by atoms with Crippen LogP contribution in [0.25, 0.3) is 0 Å². The van der Waals surface area contributed by atoms with Crippen molar-refractivity contribution in [2.24, 2.45) is 5.41 Å². The van der Waals surface area contributed by atoms with Crippen LogP contribution in [0.4, 0.5) is 0 Å². The Hall–Kier alpha value is -0.900. The third kappa shape index (κ3) is 4.09. The highest BCUT2D eigenvalue weighted by molar-refractivity contribution is 5.22. The Morgan fingerprint density at radius 3 is 2.33 bits per heavy atom. The van der Waals surface area contributed by atoms with Crippen molar-refractivity contribution in [3.05, 3.63) is 35.4 Å². The maximum Gasteiger partial charge on any atom is 0.0681 e. The van der Waals surface area contributed by atoms with Gasteiger partial charge in [-0.05, 0) is 24.0 Å². The van der Waals surface area contributed by atoms with Crippen LogP contribution in [0.1, 0.15) is 37.8 Å². The minimum Gasteiger partial charge on any atom is -0.396 e. The van der Waals surface area contributed by atoms with E-state index in [0.29, 0.717) is 0 Å². The molecular formula is C15H25NO2. The van der Waals surface area contributed by atoms with Gasteiger partial charge < -0.3 is 15.5 Å². The summed E-state index contributed by atoms with van der Waals surface area (Å²) >= 11 is 0. The van der Waals surface area contributed by atoms with Crippen LogP contribution in [0, 0.1) is 5.41 Å². The summed E-state index contributed by atoms with van der Waals surface area (Å²) < 4.78 is 0. The minimum atomic E-state index is -0.00537. The van der Waals surface area contributed by atoms with Crippen molar-refractivity contribution in [2.45, 2.75) is 39.8 Å². The second-order valence-electron chi connectivity index (χ2n) is 4.95. The van der Waals surface area contributed by atoms with Crippen LogP contribution in [0.15, 0.2) is 24.3 Å². The summed E-state index contributed by atoms with van der Waals surface area (Å²) in [5.74, 6) is 0. The number of benzene rings is 1. The van der Waals surface area contributed by atoms with Gasteiger partial charge in [-0.15, -0.1) is 0 Å². The fourth-order valence-corrected chi connectivity index (χ4v) is 2.09. The molecule has 3 nitrogen and oxygen atoms in total. The lowest BCUT2D eigenvalue weighted by molar-refractivity contribution is 0.113. The molecule has 0 saturated carbocycles. The van der Waals surface area contributed by atoms with Crippen molar-refractivity contribution in [3.8, 4) is 0 Å². The summed E-state index contributed by atoms with van der Waals surface area (Å²) in [7, 11) is 0. The van der Waals surface area contributed by atoms with Crippen molar-refractivity contribution in [1.29, 1.82) is 0 Å². The SMILES string of the molecule is CCC(CC)(CO)CNCc1cccc(CO)c1. The highest BCUT2D eigenvalue weighted by atomic mass is 16.3. The highest BCUT2D eigenvalue weighted by Gasteiger charge is 2.24. The Morgan fingerprint density at radius 1 is 1.11 bits per heavy atom. The van der Waals surface area contributed by atoms with Gasteiger partial charge in [-0.25, -0.2) is 0 Å². The van der Waals surface area contributed by atoms with Crippen molar-refractivity contribution in [1.82, 2.24) is 5.32 Å². The van der Waals surface area contributed by atoms with Crippen LogP contribution < -0.4 is 5.32 Å². The molecule has 1 aromatic carbocycles. The van der Waals surface area contributed by atoms with Crippen LogP contribution in [-0.2, 0) is 13.2 Å². The van der Waals surface area contributed by atoms with Crippen LogP contribution in [0.3, 0.4) is 0 Å². The van der Waals surface area contributed by atoms with Gasteiger partial charge in [0.25, 0.3) is 0 Å². The van der Waals surface area contributed by atoms with E-state index in [2.05, 4.69) is 19.2 Å². The number of hydrogen-bond donors (Lipinski definition) is 3. The van der Waals surface area contributed by atoms with Gasteiger partial charge >= 0.3 is 0 Å². The first-order valence-electron chi connectivity index (χ1n) is 6.70. The molecule has 0 amide bonds. The van der Waals surface area contributed by atoms with E-state index in [4.69, 9.17) is 5.11 Å². The zero-order valence-electron chi connectivity index (χ0n) is 11.4. The van der Waals surface area contributed by atoms with Gasteiger partial charge in [0.05, 0.1) is 6.61 Å². The van der Waals surface area contributed by atoms with Gasteiger partial charge in [0.15, 0.2) is 0 Å². The fraction of sp³-hybridized carbons (Fsp3) is 0.600. The molecule has 3 N–H and O–H groups in total. The maximum atomic E-state index is 9.48. The van der Waals surface area contributed by atoms with Gasteiger partial charge in [0.2, 0.25) is 0 Å². The van der Waals surface area contributed by atoms with Crippen molar-refractivity contribution in [2.75, 3.05) is 13.2 Å². The number of hydrogen-bond acceptors (Lipinski definition) is 3. The Kier molecular flexibility index (Phi) is 6.33. The molecule has 0 atom stereocenters. The molecule has 0 aromatic heterocycles. The van der Waals surface area contributed by atoms with E-state index >= 15 is 0 Å². The Bertz CT molecular complexity index is 340. The fourth-order valence-electron chi connectivity index (χ4n) is 2.09. The largest absolute Gasteiger partial charge is 0.396 e. The molecule has 0 aliphatic rings. The molecule has 0 unspecified atom stereocenters. The molecule has 0 aliphatic carbocycles. The van der Waals surface area contributed by atoms with Crippen LogP contribution >= 0.6 is 0 Å². The average Bonchev–Trinajstić information content (AvgIpc) is 2.44. The monoisotopic (exact) mass is 251 g/mol. The van der Waals surface area contributed by atoms with E-state index < -0.39 is 0 Å². The molecule has 0 aliphatic heterocycles. The number of nitrogens with one attached hydrogen (secondary N) is 1. The molecule has 0 fully saturated rings. The topological polar surface area (TPSA) is 52.5 Å². The van der Waals surface area contributed by atoms with Crippen molar-refractivity contribution < 1.29 is 10.2 Å². The Morgan fingerprint density at radius 2 is 1.78 bits per heavy atom. The van der Waals surface area contributed by atoms with E-state index in [1.165, 1.54) is 5.56 Å². The van der Waals surface area contributed by atoms with Gasteiger partial charge in [-0.2, -0.15) is 0 Å². The molecule has 1 aromatic rings. The number of rotatable bonds is 8. The summed E-state index contributed by atoms with van der Waals surface area (Å²) in [4.78, 5) is 0. The average molecular weight is 251 g/mol. The lowest BCUT2D eigenvalue weighted by atomic mass is 9.83. The second kappa shape index (κ2) is 7.52. The summed E-state index contributed by atoms with van der Waals surface area (Å²) in [6.07, 6.45) is 1.95. The van der Waals surface area contributed by atoms with E-state index in [1.807, 2.05) is 24.3 Å². The highest BCUT2D eigenvalue weighted by Crippen LogP contribution is 2.24. The third-order valence-electron chi connectivity index (χ3n) is 3.84. The molecule has 1 rings (SSSR count). The van der Waals surface area contributed by atoms with Gasteiger partial charge in [-0.1, -0.05) is 38.1 Å². The van der Waals surface area contributed by atoms with E-state index in [-0.39, 0.29) is 18.6 Å². The van der Waals surface area contributed by atoms with Crippen molar-refractivity contribution >= 4 is 0 Å². The molecular weight excluding hydrogens is 226 g/mol. The number of aliphatic hydroxyl groups is 2. The zero-order chi connectivity index (χ0) is 13.4. The lowest BCUT2D eigenvalue weighted by Gasteiger charge is -2.29. The van der Waals surface area contributed by atoms with E-state index in [0.717, 1.165) is 31.5 Å². The zero-order valence-corrected chi connectivity index (χ0v) is 11.4. The first kappa shape index (κ1) is 15.2. The van der Waals surface area contributed by atoms with Crippen molar-refractivity contribution in [3.63, 3.8) is 0 Å². The van der Waals surface area contributed by atoms with Crippen LogP contribution in [0.2, 0.25) is 0 Å². The second-order valence-corrected chi connectivity index (χ2v) is 4.95. The quantitative estimate of drug-likeness (QED) is 0.663. The number of aliphatic hydroxyl groups excluding tert-OH is 2. The summed E-state index contributed by atoms with van der Waals surface area (Å²) in [5, 5.41) is 22.0. The van der Waals surface area contributed by atoms with Gasteiger partial charge in [0.1, 0.15) is 0 Å². The molecule has 0 heterocycles. The molecule has 3 heteroatoms. The predicted octanol–water partition coefficient (Wildman–Crippen LogP) is 2.07. The van der Waals surface area contributed by atoms with Gasteiger partial charge in [0, 0.05) is 25.1 Å². The summed E-state index contributed by atoms with van der Waals surface area (Å²) in [6.45, 7) is 6.14. The molecule has 0 spiro atoms. The summed E-state index contributed by atoms with van der Waals surface area (Å²) in [5.41, 5.74) is 2.10.